The monoisotopic (exact) mass is 171 g/mol. The first-order valence-electron chi connectivity index (χ1n) is 4.35. The standard InChI is InChI=1S/C8H17N3O/c9-6-1-3-8(11,4-2-6)5-7(10)12/h6H,1-5,9,11H2,(H2,10,12). The summed E-state index contributed by atoms with van der Waals surface area (Å²) in [4.78, 5) is 10.7. The molecular formula is C8H17N3O. The molecule has 4 heteroatoms. The Balaban J connectivity index is 2.44. The van der Waals surface area contributed by atoms with Crippen LogP contribution in [0.15, 0.2) is 0 Å². The van der Waals surface area contributed by atoms with E-state index in [1.165, 1.54) is 0 Å². The van der Waals surface area contributed by atoms with Gasteiger partial charge in [-0.15, -0.1) is 0 Å². The first-order chi connectivity index (χ1) is 5.52. The quantitative estimate of drug-likeness (QED) is 0.520. The summed E-state index contributed by atoms with van der Waals surface area (Å²) in [6, 6.07) is 0.259. The van der Waals surface area contributed by atoms with Crippen LogP contribution in [-0.4, -0.2) is 17.5 Å². The van der Waals surface area contributed by atoms with Gasteiger partial charge in [-0.25, -0.2) is 0 Å². The van der Waals surface area contributed by atoms with Crippen LogP contribution in [-0.2, 0) is 4.79 Å². The van der Waals surface area contributed by atoms with Crippen molar-refractivity contribution >= 4 is 5.91 Å². The van der Waals surface area contributed by atoms with Crippen LogP contribution in [0.4, 0.5) is 0 Å². The Hall–Kier alpha value is -0.610. The molecule has 0 bridgehead atoms. The maximum absolute atomic E-state index is 10.7. The van der Waals surface area contributed by atoms with Crippen molar-refractivity contribution in [1.82, 2.24) is 0 Å². The van der Waals surface area contributed by atoms with Crippen LogP contribution in [0.2, 0.25) is 0 Å². The summed E-state index contributed by atoms with van der Waals surface area (Å²) in [5.74, 6) is -0.312. The Kier molecular flexibility index (Phi) is 2.69. The van der Waals surface area contributed by atoms with E-state index in [1.807, 2.05) is 0 Å². The van der Waals surface area contributed by atoms with Crippen molar-refractivity contribution in [3.63, 3.8) is 0 Å². The number of primary amides is 1. The van der Waals surface area contributed by atoms with Crippen molar-refractivity contribution in [2.45, 2.75) is 43.7 Å². The fourth-order valence-electron chi connectivity index (χ4n) is 1.74. The second kappa shape index (κ2) is 3.41. The van der Waals surface area contributed by atoms with Crippen molar-refractivity contribution in [3.05, 3.63) is 0 Å². The third-order valence-corrected chi connectivity index (χ3v) is 2.55. The molecule has 70 valence electrons. The number of rotatable bonds is 2. The highest BCUT2D eigenvalue weighted by Gasteiger charge is 2.31. The Labute approximate surface area is 72.5 Å². The largest absolute Gasteiger partial charge is 0.370 e. The van der Waals surface area contributed by atoms with Gasteiger partial charge in [0, 0.05) is 18.0 Å². The second-order valence-corrected chi connectivity index (χ2v) is 3.84. The smallest absolute Gasteiger partial charge is 0.219 e. The van der Waals surface area contributed by atoms with E-state index >= 15 is 0 Å². The van der Waals surface area contributed by atoms with Crippen molar-refractivity contribution in [2.75, 3.05) is 0 Å². The minimum absolute atomic E-state index is 0.259. The summed E-state index contributed by atoms with van der Waals surface area (Å²) in [7, 11) is 0. The number of hydrogen-bond acceptors (Lipinski definition) is 3. The predicted molar refractivity (Wildman–Crippen MR) is 47.2 cm³/mol. The summed E-state index contributed by atoms with van der Waals surface area (Å²) >= 11 is 0. The van der Waals surface area contributed by atoms with Gasteiger partial charge < -0.3 is 17.2 Å². The molecule has 0 radical (unpaired) electrons. The lowest BCUT2D eigenvalue weighted by molar-refractivity contribution is -0.119. The van der Waals surface area contributed by atoms with Crippen molar-refractivity contribution in [2.24, 2.45) is 17.2 Å². The van der Waals surface area contributed by atoms with Gasteiger partial charge in [0.15, 0.2) is 0 Å². The molecule has 4 nitrogen and oxygen atoms in total. The van der Waals surface area contributed by atoms with E-state index in [9.17, 15) is 4.79 Å². The van der Waals surface area contributed by atoms with Crippen LogP contribution < -0.4 is 17.2 Å². The number of hydrogen-bond donors (Lipinski definition) is 3. The summed E-state index contributed by atoms with van der Waals surface area (Å²) in [5, 5.41) is 0. The van der Waals surface area contributed by atoms with Crippen LogP contribution in [0.1, 0.15) is 32.1 Å². The van der Waals surface area contributed by atoms with Crippen LogP contribution >= 0.6 is 0 Å². The third-order valence-electron chi connectivity index (χ3n) is 2.55. The molecule has 0 aromatic carbocycles. The average Bonchev–Trinajstić information content (AvgIpc) is 1.94. The van der Waals surface area contributed by atoms with Gasteiger partial charge >= 0.3 is 0 Å². The van der Waals surface area contributed by atoms with Gasteiger partial charge in [0.05, 0.1) is 0 Å². The lowest BCUT2D eigenvalue weighted by Gasteiger charge is -2.34. The molecule has 0 saturated heterocycles. The maximum Gasteiger partial charge on any atom is 0.219 e. The number of carbonyl (C=O) groups excluding carboxylic acids is 1. The molecule has 0 unspecified atom stereocenters. The van der Waals surface area contributed by atoms with Crippen LogP contribution in [0.5, 0.6) is 0 Å². The zero-order chi connectivity index (χ0) is 9.19. The molecule has 0 atom stereocenters. The molecule has 12 heavy (non-hydrogen) atoms. The fourth-order valence-corrected chi connectivity index (χ4v) is 1.74. The molecule has 0 spiro atoms. The molecule has 1 saturated carbocycles. The van der Waals surface area contributed by atoms with Crippen molar-refractivity contribution in [3.8, 4) is 0 Å². The number of amides is 1. The minimum Gasteiger partial charge on any atom is -0.370 e. The van der Waals surface area contributed by atoms with Crippen LogP contribution in [0.3, 0.4) is 0 Å². The van der Waals surface area contributed by atoms with Gasteiger partial charge in [-0.3, -0.25) is 4.79 Å². The molecule has 1 fully saturated rings. The highest BCUT2D eigenvalue weighted by Crippen LogP contribution is 2.27. The zero-order valence-electron chi connectivity index (χ0n) is 7.25. The zero-order valence-corrected chi connectivity index (χ0v) is 7.25. The lowest BCUT2D eigenvalue weighted by atomic mass is 9.78. The van der Waals surface area contributed by atoms with E-state index in [0.29, 0.717) is 6.42 Å². The molecule has 1 rings (SSSR count). The van der Waals surface area contributed by atoms with E-state index in [0.717, 1.165) is 25.7 Å². The fraction of sp³-hybridized carbons (Fsp3) is 0.875. The van der Waals surface area contributed by atoms with Gasteiger partial charge in [0.1, 0.15) is 0 Å². The second-order valence-electron chi connectivity index (χ2n) is 3.84. The molecule has 1 aliphatic rings. The van der Waals surface area contributed by atoms with E-state index in [1.54, 1.807) is 0 Å². The maximum atomic E-state index is 10.7. The minimum atomic E-state index is -0.373. The third kappa shape index (κ3) is 2.46. The van der Waals surface area contributed by atoms with Crippen molar-refractivity contribution < 1.29 is 4.79 Å². The van der Waals surface area contributed by atoms with Gasteiger partial charge in [-0.2, -0.15) is 0 Å². The topological polar surface area (TPSA) is 95.1 Å². The van der Waals surface area contributed by atoms with Gasteiger partial charge in [-0.1, -0.05) is 0 Å². The van der Waals surface area contributed by atoms with E-state index in [-0.39, 0.29) is 17.5 Å². The van der Waals surface area contributed by atoms with Crippen LogP contribution in [0.25, 0.3) is 0 Å². The normalized spacial score (nSPS) is 36.3. The Morgan fingerprint density at radius 1 is 1.42 bits per heavy atom. The first-order valence-corrected chi connectivity index (χ1v) is 4.35. The summed E-state index contributed by atoms with van der Waals surface area (Å²) < 4.78 is 0. The lowest BCUT2D eigenvalue weighted by Crippen LogP contribution is -2.48. The van der Waals surface area contributed by atoms with Gasteiger partial charge in [0.2, 0.25) is 5.91 Å². The molecule has 1 amide bonds. The molecule has 6 N–H and O–H groups in total. The van der Waals surface area contributed by atoms with Crippen LogP contribution in [0, 0.1) is 0 Å². The number of nitrogens with two attached hydrogens (primary N) is 3. The summed E-state index contributed by atoms with van der Waals surface area (Å²) in [5.41, 5.74) is 16.4. The van der Waals surface area contributed by atoms with E-state index in [2.05, 4.69) is 0 Å². The molecular weight excluding hydrogens is 154 g/mol. The predicted octanol–water partition coefficient (Wildman–Crippen LogP) is -0.539. The molecule has 0 aromatic rings. The molecule has 0 aromatic heterocycles. The number of carbonyl (C=O) groups is 1. The molecule has 1 aliphatic carbocycles. The SMILES string of the molecule is NC(=O)CC1(N)CCC(N)CC1. The average molecular weight is 171 g/mol. The van der Waals surface area contributed by atoms with Gasteiger partial charge in [-0.05, 0) is 25.7 Å². The Bertz CT molecular complexity index is 173. The van der Waals surface area contributed by atoms with E-state index in [4.69, 9.17) is 17.2 Å². The van der Waals surface area contributed by atoms with Gasteiger partial charge in [0.25, 0.3) is 0 Å². The highest BCUT2D eigenvalue weighted by molar-refractivity contribution is 5.75. The molecule has 0 heterocycles. The Morgan fingerprint density at radius 3 is 2.33 bits per heavy atom. The summed E-state index contributed by atoms with van der Waals surface area (Å²) in [6.07, 6.45) is 3.74. The summed E-state index contributed by atoms with van der Waals surface area (Å²) in [6.45, 7) is 0. The highest BCUT2D eigenvalue weighted by atomic mass is 16.1. The van der Waals surface area contributed by atoms with Crippen molar-refractivity contribution in [1.29, 1.82) is 0 Å². The molecule has 0 aliphatic heterocycles. The Morgan fingerprint density at radius 2 is 1.92 bits per heavy atom. The van der Waals surface area contributed by atoms with E-state index < -0.39 is 0 Å². The first kappa shape index (κ1) is 9.48.